The molecule has 0 unspecified atom stereocenters. The SMILES string of the molecule is CCCN([C@H]1CCc2c(cccc2ONC(=O)/C=C/c2ccccc2)C1)[C@H](C)CC. The molecule has 2 aromatic carbocycles. The summed E-state index contributed by atoms with van der Waals surface area (Å²) in [7, 11) is 0. The quantitative estimate of drug-likeness (QED) is 0.461. The van der Waals surface area contributed by atoms with Crippen LogP contribution >= 0.6 is 0 Å². The van der Waals surface area contributed by atoms with Gasteiger partial charge in [0.2, 0.25) is 0 Å². The number of rotatable bonds is 9. The summed E-state index contributed by atoms with van der Waals surface area (Å²) in [4.78, 5) is 20.5. The summed E-state index contributed by atoms with van der Waals surface area (Å²) in [6.45, 7) is 8.01. The molecular weight excluding hydrogens is 372 g/mol. The molecule has 0 bridgehead atoms. The lowest BCUT2D eigenvalue weighted by Gasteiger charge is -2.39. The van der Waals surface area contributed by atoms with E-state index >= 15 is 0 Å². The third-order valence-corrected chi connectivity index (χ3v) is 6.01. The molecule has 0 saturated heterocycles. The van der Waals surface area contributed by atoms with E-state index in [1.165, 1.54) is 30.0 Å². The molecule has 0 heterocycles. The second-order valence-electron chi connectivity index (χ2n) is 8.10. The van der Waals surface area contributed by atoms with E-state index in [0.717, 1.165) is 37.1 Å². The van der Waals surface area contributed by atoms with Gasteiger partial charge in [0.15, 0.2) is 5.75 Å². The molecule has 1 aliphatic carbocycles. The number of carbonyl (C=O) groups is 1. The second kappa shape index (κ2) is 11.0. The zero-order chi connectivity index (χ0) is 21.3. The van der Waals surface area contributed by atoms with Gasteiger partial charge in [-0.25, -0.2) is 0 Å². The molecule has 2 atom stereocenters. The average Bonchev–Trinajstić information content (AvgIpc) is 2.79. The van der Waals surface area contributed by atoms with Crippen molar-refractivity contribution in [2.45, 2.75) is 65.0 Å². The van der Waals surface area contributed by atoms with E-state index in [-0.39, 0.29) is 5.91 Å². The van der Waals surface area contributed by atoms with Crippen molar-refractivity contribution in [2.75, 3.05) is 6.54 Å². The normalized spacial score (nSPS) is 17.0. The molecule has 0 aromatic heterocycles. The van der Waals surface area contributed by atoms with Gasteiger partial charge >= 0.3 is 0 Å². The summed E-state index contributed by atoms with van der Waals surface area (Å²) in [5.74, 6) is 0.494. The number of hydroxylamine groups is 1. The maximum atomic E-state index is 12.1. The Morgan fingerprint density at radius 3 is 2.73 bits per heavy atom. The summed E-state index contributed by atoms with van der Waals surface area (Å²) in [6.07, 6.45) is 8.77. The fraction of sp³-hybridized carbons (Fsp3) is 0.423. The Bertz CT molecular complexity index is 847. The molecule has 0 fully saturated rings. The van der Waals surface area contributed by atoms with Gasteiger partial charge in [0.05, 0.1) is 0 Å². The summed E-state index contributed by atoms with van der Waals surface area (Å²) in [5, 5.41) is 0. The smallest absolute Gasteiger partial charge is 0.276 e. The molecule has 4 nitrogen and oxygen atoms in total. The van der Waals surface area contributed by atoms with Crippen molar-refractivity contribution in [2.24, 2.45) is 0 Å². The Kier molecular flexibility index (Phi) is 8.09. The molecule has 30 heavy (non-hydrogen) atoms. The molecule has 0 spiro atoms. The molecule has 1 aliphatic rings. The van der Waals surface area contributed by atoms with Gasteiger partial charge in [0, 0.05) is 23.7 Å². The molecule has 1 amide bonds. The lowest BCUT2D eigenvalue weighted by molar-refractivity contribution is -0.122. The average molecular weight is 407 g/mol. The van der Waals surface area contributed by atoms with E-state index in [4.69, 9.17) is 4.84 Å². The van der Waals surface area contributed by atoms with Crippen molar-refractivity contribution in [3.63, 3.8) is 0 Å². The highest BCUT2D eigenvalue weighted by Crippen LogP contribution is 2.32. The van der Waals surface area contributed by atoms with Gasteiger partial charge in [-0.15, -0.1) is 0 Å². The van der Waals surface area contributed by atoms with Crippen LogP contribution < -0.4 is 10.3 Å². The predicted octanol–water partition coefficient (Wildman–Crippen LogP) is 5.18. The van der Waals surface area contributed by atoms with Crippen LogP contribution in [0.3, 0.4) is 0 Å². The lowest BCUT2D eigenvalue weighted by Crippen LogP contribution is -2.45. The molecule has 4 heteroatoms. The molecule has 0 saturated carbocycles. The highest BCUT2D eigenvalue weighted by Gasteiger charge is 2.28. The first-order valence-electron chi connectivity index (χ1n) is 11.2. The van der Waals surface area contributed by atoms with Crippen molar-refractivity contribution >= 4 is 12.0 Å². The number of nitrogens with zero attached hydrogens (tertiary/aromatic N) is 1. The summed E-state index contributed by atoms with van der Waals surface area (Å²) in [5.41, 5.74) is 6.10. The van der Waals surface area contributed by atoms with Crippen LogP contribution in [0, 0.1) is 0 Å². The van der Waals surface area contributed by atoms with Crippen LogP contribution in [0.4, 0.5) is 0 Å². The van der Waals surface area contributed by atoms with Crippen LogP contribution in [0.25, 0.3) is 6.08 Å². The van der Waals surface area contributed by atoms with Crippen LogP contribution in [0.2, 0.25) is 0 Å². The van der Waals surface area contributed by atoms with E-state index in [0.29, 0.717) is 12.1 Å². The number of benzene rings is 2. The number of carbonyl (C=O) groups excluding carboxylic acids is 1. The molecule has 0 aliphatic heterocycles. The van der Waals surface area contributed by atoms with Crippen molar-refractivity contribution in [1.82, 2.24) is 10.4 Å². The summed E-state index contributed by atoms with van der Waals surface area (Å²) in [6, 6.07) is 17.1. The van der Waals surface area contributed by atoms with Gasteiger partial charge in [-0.1, -0.05) is 56.3 Å². The van der Waals surface area contributed by atoms with E-state index in [1.807, 2.05) is 42.5 Å². The highest BCUT2D eigenvalue weighted by molar-refractivity contribution is 5.91. The maximum absolute atomic E-state index is 12.1. The van der Waals surface area contributed by atoms with Gasteiger partial charge in [-0.05, 0) is 68.8 Å². The number of hydrogen-bond donors (Lipinski definition) is 1. The zero-order valence-electron chi connectivity index (χ0n) is 18.4. The van der Waals surface area contributed by atoms with Gasteiger partial charge in [-0.2, -0.15) is 5.48 Å². The van der Waals surface area contributed by atoms with Gasteiger partial charge in [0.1, 0.15) is 0 Å². The summed E-state index contributed by atoms with van der Waals surface area (Å²) < 4.78 is 0. The molecular formula is C26H34N2O2. The van der Waals surface area contributed by atoms with Crippen molar-refractivity contribution in [3.05, 3.63) is 71.3 Å². The monoisotopic (exact) mass is 406 g/mol. The fourth-order valence-corrected chi connectivity index (χ4v) is 4.26. The van der Waals surface area contributed by atoms with Gasteiger partial charge in [-0.3, -0.25) is 9.69 Å². The third kappa shape index (κ3) is 5.73. The standard InChI is InChI=1S/C26H34N2O2/c1-4-18-28(20(3)5-2)23-15-16-24-22(19-23)12-9-13-25(24)30-27-26(29)17-14-21-10-7-6-8-11-21/h6-14,17,20,23H,4-5,15-16,18-19H2,1-3H3,(H,27,29)/b17-14+/t20-,23+/m1/s1. The summed E-state index contributed by atoms with van der Waals surface area (Å²) >= 11 is 0. The second-order valence-corrected chi connectivity index (χ2v) is 8.10. The topological polar surface area (TPSA) is 41.6 Å². The van der Waals surface area contributed by atoms with Gasteiger partial charge in [0.25, 0.3) is 5.91 Å². The van der Waals surface area contributed by atoms with Gasteiger partial charge < -0.3 is 4.84 Å². The van der Waals surface area contributed by atoms with Crippen molar-refractivity contribution < 1.29 is 9.63 Å². The zero-order valence-corrected chi connectivity index (χ0v) is 18.4. The molecule has 0 radical (unpaired) electrons. The Balaban J connectivity index is 1.63. The Labute approximate surface area is 180 Å². The molecule has 2 aromatic rings. The molecule has 3 rings (SSSR count). The first-order valence-corrected chi connectivity index (χ1v) is 11.2. The first-order chi connectivity index (χ1) is 14.6. The molecule has 1 N–H and O–H groups in total. The van der Waals surface area contributed by atoms with Crippen LogP contribution in [-0.4, -0.2) is 29.4 Å². The minimum atomic E-state index is -0.268. The first kappa shape index (κ1) is 22.1. The minimum absolute atomic E-state index is 0.268. The number of hydrogen-bond acceptors (Lipinski definition) is 3. The molecule has 160 valence electrons. The van der Waals surface area contributed by atoms with Crippen LogP contribution in [0.5, 0.6) is 5.75 Å². The van der Waals surface area contributed by atoms with E-state index in [9.17, 15) is 4.79 Å². The largest absolute Gasteiger partial charge is 0.379 e. The van der Waals surface area contributed by atoms with Crippen LogP contribution in [0.15, 0.2) is 54.6 Å². The predicted molar refractivity (Wildman–Crippen MR) is 123 cm³/mol. The van der Waals surface area contributed by atoms with E-state index < -0.39 is 0 Å². The number of fused-ring (bicyclic) bond motifs is 1. The minimum Gasteiger partial charge on any atom is -0.379 e. The van der Waals surface area contributed by atoms with Crippen molar-refractivity contribution in [1.29, 1.82) is 0 Å². The Morgan fingerprint density at radius 2 is 2.00 bits per heavy atom. The van der Waals surface area contributed by atoms with E-state index in [1.54, 1.807) is 6.08 Å². The Morgan fingerprint density at radius 1 is 1.20 bits per heavy atom. The lowest BCUT2D eigenvalue weighted by atomic mass is 9.86. The van der Waals surface area contributed by atoms with E-state index in [2.05, 4.69) is 37.2 Å². The van der Waals surface area contributed by atoms with Crippen molar-refractivity contribution in [3.8, 4) is 5.75 Å². The Hall–Kier alpha value is -2.59. The highest BCUT2D eigenvalue weighted by atomic mass is 16.7. The fourth-order valence-electron chi connectivity index (χ4n) is 4.26. The third-order valence-electron chi connectivity index (χ3n) is 6.01. The number of amides is 1. The van der Waals surface area contributed by atoms with Crippen LogP contribution in [0.1, 0.15) is 56.7 Å². The van der Waals surface area contributed by atoms with Crippen LogP contribution in [-0.2, 0) is 17.6 Å². The number of nitrogens with one attached hydrogen (secondary N) is 1. The maximum Gasteiger partial charge on any atom is 0.276 e.